The number of aromatic nitrogens is 4. The summed E-state index contributed by atoms with van der Waals surface area (Å²) >= 11 is 0. The number of hydrogen-bond acceptors (Lipinski definition) is 2. The van der Waals surface area contributed by atoms with Gasteiger partial charge >= 0.3 is 0 Å². The van der Waals surface area contributed by atoms with Crippen LogP contribution in [0, 0.1) is 0 Å². The Hall–Kier alpha value is -6.26. The van der Waals surface area contributed by atoms with E-state index in [1.165, 1.54) is 27.5 Å². The number of nitrogens with zero attached hydrogens (tertiary/aromatic N) is 3. The zero-order valence-electron chi connectivity index (χ0n) is 31.8. The van der Waals surface area contributed by atoms with Gasteiger partial charge in [-0.05, 0) is 99.3 Å². The number of H-pyrrole nitrogens is 1. The Morgan fingerprint density at radius 3 is 1.96 bits per heavy atom. The molecular weight excluding hydrogens is 657 g/mol. The maximum Gasteiger partial charge on any atom is 0.147 e. The minimum atomic E-state index is -0.0742. The summed E-state index contributed by atoms with van der Waals surface area (Å²) in [5.74, 6) is 0.913. The molecule has 3 aromatic heterocycles. The van der Waals surface area contributed by atoms with Gasteiger partial charge in [0.1, 0.15) is 5.82 Å². The summed E-state index contributed by atoms with van der Waals surface area (Å²) in [6.45, 7) is 13.7. The first-order valence-corrected chi connectivity index (χ1v) is 18.8. The number of para-hydroxylation sites is 2. The Morgan fingerprint density at radius 2 is 1.20 bits per heavy atom. The first-order chi connectivity index (χ1) is 26.0. The molecule has 0 amide bonds. The lowest BCUT2D eigenvalue weighted by atomic mass is 9.84. The Kier molecular flexibility index (Phi) is 7.90. The molecule has 54 heavy (non-hydrogen) atoms. The molecule has 0 aliphatic heterocycles. The van der Waals surface area contributed by atoms with Gasteiger partial charge in [0.15, 0.2) is 0 Å². The van der Waals surface area contributed by atoms with Crippen molar-refractivity contribution in [3.63, 3.8) is 0 Å². The van der Waals surface area contributed by atoms with Crippen LogP contribution >= 0.6 is 0 Å². The predicted molar refractivity (Wildman–Crippen MR) is 227 cm³/mol. The highest BCUT2D eigenvalue weighted by Crippen LogP contribution is 2.42. The monoisotopic (exact) mass is 700 g/mol. The average molecular weight is 701 g/mol. The van der Waals surface area contributed by atoms with Crippen LogP contribution in [0.15, 0.2) is 152 Å². The van der Waals surface area contributed by atoms with Crippen LogP contribution in [-0.2, 0) is 10.8 Å². The third-order valence-electron chi connectivity index (χ3n) is 10.7. The van der Waals surface area contributed by atoms with Gasteiger partial charge in [0.2, 0.25) is 0 Å². The number of aromatic amines is 1. The molecule has 3 heterocycles. The summed E-state index contributed by atoms with van der Waals surface area (Å²) in [5, 5.41) is 2.47. The van der Waals surface area contributed by atoms with Gasteiger partial charge in [-0.25, -0.2) is 4.98 Å². The van der Waals surface area contributed by atoms with Crippen LogP contribution in [0.5, 0.6) is 0 Å². The number of benzene rings is 6. The fourth-order valence-electron chi connectivity index (χ4n) is 7.67. The first-order valence-electron chi connectivity index (χ1n) is 18.8. The summed E-state index contributed by atoms with van der Waals surface area (Å²) in [5.41, 5.74) is 15.5. The Balaban J connectivity index is 1.28. The molecule has 9 aromatic rings. The van der Waals surface area contributed by atoms with Crippen LogP contribution in [0.3, 0.4) is 0 Å². The number of fused-ring (bicyclic) bond motifs is 4. The molecule has 264 valence electrons. The number of imidazole rings is 1. The second-order valence-corrected chi connectivity index (χ2v) is 16.5. The van der Waals surface area contributed by atoms with Crippen molar-refractivity contribution in [1.29, 1.82) is 0 Å². The molecule has 0 bridgehead atoms. The highest BCUT2D eigenvalue weighted by atomic mass is 15.1. The van der Waals surface area contributed by atoms with Gasteiger partial charge in [-0.3, -0.25) is 9.55 Å². The largest absolute Gasteiger partial charge is 0.354 e. The van der Waals surface area contributed by atoms with E-state index in [0.717, 1.165) is 67.1 Å². The fraction of sp³-hybridized carbons (Fsp3) is 0.160. The van der Waals surface area contributed by atoms with Crippen LogP contribution < -0.4 is 0 Å². The molecule has 0 saturated carbocycles. The summed E-state index contributed by atoms with van der Waals surface area (Å²) in [6.07, 6.45) is 1.90. The molecule has 0 aliphatic carbocycles. The van der Waals surface area contributed by atoms with Crippen molar-refractivity contribution in [3.05, 3.63) is 163 Å². The van der Waals surface area contributed by atoms with Gasteiger partial charge in [-0.1, -0.05) is 126 Å². The highest BCUT2D eigenvalue weighted by Gasteiger charge is 2.25. The lowest BCUT2D eigenvalue weighted by Crippen LogP contribution is -2.11. The highest BCUT2D eigenvalue weighted by molar-refractivity contribution is 6.12. The van der Waals surface area contributed by atoms with E-state index < -0.39 is 0 Å². The predicted octanol–water partition coefficient (Wildman–Crippen LogP) is 13.3. The van der Waals surface area contributed by atoms with Crippen molar-refractivity contribution in [2.75, 3.05) is 0 Å². The van der Waals surface area contributed by atoms with Gasteiger partial charge < -0.3 is 4.98 Å². The van der Waals surface area contributed by atoms with Crippen LogP contribution in [0.4, 0.5) is 0 Å². The van der Waals surface area contributed by atoms with Crippen molar-refractivity contribution in [1.82, 2.24) is 19.5 Å². The van der Waals surface area contributed by atoms with Gasteiger partial charge in [0.05, 0.1) is 22.2 Å². The lowest BCUT2D eigenvalue weighted by Gasteiger charge is -2.21. The normalized spacial score (nSPS) is 12.3. The lowest BCUT2D eigenvalue weighted by molar-refractivity contribution is 0.590. The number of rotatable bonds is 5. The standard InChI is InChI=1S/C50H44N4/c1-49(2,3)36-23-24-43-40(29-36)41-30-37(50(4,5)6)31-42(46(41)52-43)48-53-47-39(21-14-22-45(47)54(48)38-19-11-8-12-20-38)34-17-13-18-35(27-34)44-28-33(25-26-51-44)32-15-9-7-10-16-32/h7-31,52H,1-6H3. The van der Waals surface area contributed by atoms with E-state index in [0.29, 0.717) is 0 Å². The fourth-order valence-corrected chi connectivity index (χ4v) is 7.67. The van der Waals surface area contributed by atoms with Crippen molar-refractivity contribution in [3.8, 4) is 50.6 Å². The molecular formula is C50H44N4. The van der Waals surface area contributed by atoms with Gasteiger partial charge in [0, 0.05) is 44.9 Å². The SMILES string of the molecule is CC(C)(C)c1ccc2[nH]c3c(-c4nc5c(-c6cccc(-c7cc(-c8ccccc8)ccn7)c6)cccc5n4-c4ccccc4)cc(C(C)(C)C)cc3c2c1. The smallest absolute Gasteiger partial charge is 0.147 e. The van der Waals surface area contributed by atoms with Crippen molar-refractivity contribution in [2.24, 2.45) is 0 Å². The topological polar surface area (TPSA) is 46.5 Å². The zero-order valence-corrected chi connectivity index (χ0v) is 31.8. The Bertz CT molecular complexity index is 2830. The van der Waals surface area contributed by atoms with Crippen LogP contribution in [-0.4, -0.2) is 19.5 Å². The van der Waals surface area contributed by atoms with E-state index in [-0.39, 0.29) is 10.8 Å². The molecule has 0 fully saturated rings. The molecule has 0 unspecified atom stereocenters. The van der Waals surface area contributed by atoms with E-state index >= 15 is 0 Å². The molecule has 9 rings (SSSR count). The molecule has 6 aromatic carbocycles. The van der Waals surface area contributed by atoms with Crippen molar-refractivity contribution in [2.45, 2.75) is 52.4 Å². The van der Waals surface area contributed by atoms with E-state index in [9.17, 15) is 0 Å². The van der Waals surface area contributed by atoms with Gasteiger partial charge in [-0.15, -0.1) is 0 Å². The summed E-state index contributed by atoms with van der Waals surface area (Å²) < 4.78 is 2.33. The molecule has 0 radical (unpaired) electrons. The van der Waals surface area contributed by atoms with Crippen molar-refractivity contribution < 1.29 is 0 Å². The quantitative estimate of drug-likeness (QED) is 0.194. The summed E-state index contributed by atoms with van der Waals surface area (Å²) in [6, 6.07) is 52.2. The molecule has 0 atom stereocenters. The van der Waals surface area contributed by atoms with E-state index in [4.69, 9.17) is 9.97 Å². The van der Waals surface area contributed by atoms with Crippen LogP contribution in [0.1, 0.15) is 52.7 Å². The molecule has 4 heteroatoms. The maximum atomic E-state index is 5.62. The molecule has 4 nitrogen and oxygen atoms in total. The second kappa shape index (κ2) is 12.7. The maximum absolute atomic E-state index is 5.62. The number of pyridine rings is 1. The summed E-state index contributed by atoms with van der Waals surface area (Å²) in [7, 11) is 0. The molecule has 0 aliphatic rings. The average Bonchev–Trinajstić information content (AvgIpc) is 3.76. The molecule has 0 saturated heterocycles. The van der Waals surface area contributed by atoms with E-state index in [1.807, 2.05) is 12.3 Å². The van der Waals surface area contributed by atoms with Gasteiger partial charge in [-0.2, -0.15) is 0 Å². The van der Waals surface area contributed by atoms with E-state index in [1.54, 1.807) is 0 Å². The third kappa shape index (κ3) is 5.88. The third-order valence-corrected chi connectivity index (χ3v) is 10.7. The minimum Gasteiger partial charge on any atom is -0.354 e. The van der Waals surface area contributed by atoms with Gasteiger partial charge in [0.25, 0.3) is 0 Å². The Morgan fingerprint density at radius 1 is 0.519 bits per heavy atom. The van der Waals surface area contributed by atoms with E-state index in [2.05, 4.69) is 191 Å². The molecule has 1 N–H and O–H groups in total. The van der Waals surface area contributed by atoms with Crippen molar-refractivity contribution >= 4 is 32.8 Å². The Labute approximate surface area is 317 Å². The second-order valence-electron chi connectivity index (χ2n) is 16.5. The zero-order chi connectivity index (χ0) is 37.2. The van der Waals surface area contributed by atoms with Crippen LogP contribution in [0.25, 0.3) is 83.4 Å². The summed E-state index contributed by atoms with van der Waals surface area (Å²) in [4.78, 5) is 14.3. The number of hydrogen-bond donors (Lipinski definition) is 1. The minimum absolute atomic E-state index is 0.0397. The van der Waals surface area contributed by atoms with Crippen LogP contribution in [0.2, 0.25) is 0 Å². The first kappa shape index (κ1) is 33.6. The molecule has 0 spiro atoms. The number of nitrogens with one attached hydrogen (secondary N) is 1.